The zero-order valence-corrected chi connectivity index (χ0v) is 17.0. The average molecular weight is 393 g/mol. The first-order valence-electron chi connectivity index (χ1n) is 9.48. The van der Waals surface area contributed by atoms with Crippen molar-refractivity contribution in [3.63, 3.8) is 0 Å². The normalized spacial score (nSPS) is 12.8. The highest BCUT2D eigenvalue weighted by molar-refractivity contribution is 5.95. The predicted molar refractivity (Wildman–Crippen MR) is 106 cm³/mol. The van der Waals surface area contributed by atoms with Crippen molar-refractivity contribution < 1.29 is 24.3 Å². The third kappa shape index (κ3) is 7.56. The van der Waals surface area contributed by atoms with E-state index in [2.05, 4.69) is 10.6 Å². The molecule has 0 radical (unpaired) electrons. The number of carbonyl (C=O) groups is 3. The van der Waals surface area contributed by atoms with Gasteiger partial charge in [0.15, 0.2) is 5.78 Å². The number of nitrogens with one attached hydrogen (secondary N) is 2. The van der Waals surface area contributed by atoms with Crippen LogP contribution in [0.1, 0.15) is 40.0 Å². The number of unbranched alkanes of at least 4 members (excludes halogenated alkanes) is 1. The van der Waals surface area contributed by atoms with Crippen LogP contribution in [0.5, 0.6) is 5.75 Å². The monoisotopic (exact) mass is 393 g/mol. The number of benzene rings is 1. The second-order valence-electron chi connectivity index (χ2n) is 7.02. The molecule has 3 amide bonds. The SMILES string of the molecule is CCCC[C@H](CN(O)C=O)C(=O)[C@@H](NC(=O)Nc1ccc(OC)cc1)C(C)C. The fraction of sp³-hybridized carbons (Fsp3) is 0.550. The second kappa shape index (κ2) is 12.0. The van der Waals surface area contributed by atoms with Crippen LogP contribution in [0.3, 0.4) is 0 Å². The Kier molecular flexibility index (Phi) is 10.0. The van der Waals surface area contributed by atoms with Crippen molar-refractivity contribution in [1.29, 1.82) is 0 Å². The summed E-state index contributed by atoms with van der Waals surface area (Å²) in [5, 5.41) is 15.4. The van der Waals surface area contributed by atoms with Gasteiger partial charge in [0.05, 0.1) is 19.7 Å². The van der Waals surface area contributed by atoms with E-state index in [9.17, 15) is 19.6 Å². The summed E-state index contributed by atoms with van der Waals surface area (Å²) in [6, 6.07) is 5.60. The van der Waals surface area contributed by atoms with Crippen molar-refractivity contribution in [1.82, 2.24) is 10.4 Å². The number of Topliss-reactive ketones (excluding diaryl/α,β-unsaturated/α-hetero) is 1. The van der Waals surface area contributed by atoms with Crippen molar-refractivity contribution in [3.8, 4) is 5.75 Å². The number of ether oxygens (including phenoxy) is 1. The molecule has 1 rings (SSSR count). The first kappa shape index (κ1) is 23.4. The maximum atomic E-state index is 13.0. The second-order valence-corrected chi connectivity index (χ2v) is 7.02. The van der Waals surface area contributed by atoms with E-state index >= 15 is 0 Å². The molecule has 8 heteroatoms. The lowest BCUT2D eigenvalue weighted by molar-refractivity contribution is -0.154. The minimum Gasteiger partial charge on any atom is -0.497 e. The van der Waals surface area contributed by atoms with Gasteiger partial charge >= 0.3 is 6.03 Å². The van der Waals surface area contributed by atoms with Gasteiger partial charge < -0.3 is 15.4 Å². The summed E-state index contributed by atoms with van der Waals surface area (Å²) in [5.74, 6) is -0.233. The molecule has 0 fully saturated rings. The number of urea groups is 1. The molecule has 0 aliphatic rings. The van der Waals surface area contributed by atoms with Gasteiger partial charge in [0.1, 0.15) is 5.75 Å². The number of carbonyl (C=O) groups excluding carboxylic acids is 3. The van der Waals surface area contributed by atoms with Crippen molar-refractivity contribution in [2.45, 2.75) is 46.1 Å². The van der Waals surface area contributed by atoms with E-state index in [1.54, 1.807) is 31.4 Å². The zero-order chi connectivity index (χ0) is 21.1. The Bertz CT molecular complexity index is 633. The van der Waals surface area contributed by atoms with Crippen LogP contribution in [0.15, 0.2) is 24.3 Å². The Labute approximate surface area is 166 Å². The molecular weight excluding hydrogens is 362 g/mol. The standard InChI is InChI=1S/C20H31N3O5/c1-5-6-7-15(12-23(27)13-24)19(25)18(14(2)3)22-20(26)21-16-8-10-17(28-4)11-9-16/h8-11,13-15,18,27H,5-7,12H2,1-4H3,(H2,21,22,26)/t15-,18+/m1/s1. The molecule has 0 saturated carbocycles. The van der Waals surface area contributed by atoms with Crippen LogP contribution in [0.2, 0.25) is 0 Å². The van der Waals surface area contributed by atoms with Crippen LogP contribution in [-0.4, -0.2) is 48.2 Å². The van der Waals surface area contributed by atoms with Gasteiger partial charge in [0, 0.05) is 11.6 Å². The number of methoxy groups -OCH3 is 1. The van der Waals surface area contributed by atoms with Gasteiger partial charge in [0.2, 0.25) is 6.41 Å². The van der Waals surface area contributed by atoms with Crippen LogP contribution in [0.25, 0.3) is 0 Å². The molecule has 1 aromatic rings. The molecule has 28 heavy (non-hydrogen) atoms. The van der Waals surface area contributed by atoms with E-state index < -0.39 is 18.0 Å². The molecule has 0 aromatic heterocycles. The van der Waals surface area contributed by atoms with E-state index in [0.717, 1.165) is 12.8 Å². The van der Waals surface area contributed by atoms with Gasteiger partial charge in [0.25, 0.3) is 0 Å². The third-order valence-corrected chi connectivity index (χ3v) is 4.45. The molecule has 156 valence electrons. The van der Waals surface area contributed by atoms with E-state index in [4.69, 9.17) is 4.74 Å². The average Bonchev–Trinajstić information content (AvgIpc) is 2.68. The number of rotatable bonds is 12. The Morgan fingerprint density at radius 3 is 2.39 bits per heavy atom. The zero-order valence-electron chi connectivity index (χ0n) is 17.0. The number of hydrogen-bond acceptors (Lipinski definition) is 5. The molecule has 0 aliphatic carbocycles. The molecule has 0 bridgehead atoms. The lowest BCUT2D eigenvalue weighted by Crippen LogP contribution is -2.49. The van der Waals surface area contributed by atoms with Gasteiger partial charge in [-0.15, -0.1) is 0 Å². The number of nitrogens with zero attached hydrogens (tertiary/aromatic N) is 1. The Morgan fingerprint density at radius 2 is 1.89 bits per heavy atom. The minimum atomic E-state index is -0.736. The summed E-state index contributed by atoms with van der Waals surface area (Å²) in [7, 11) is 1.56. The molecule has 3 N–H and O–H groups in total. The van der Waals surface area contributed by atoms with Crippen molar-refractivity contribution in [3.05, 3.63) is 24.3 Å². The van der Waals surface area contributed by atoms with Crippen molar-refractivity contribution in [2.24, 2.45) is 11.8 Å². The van der Waals surface area contributed by atoms with E-state index in [1.807, 2.05) is 20.8 Å². The number of hydroxylamine groups is 2. The Balaban J connectivity index is 2.82. The molecule has 2 atom stereocenters. The first-order valence-corrected chi connectivity index (χ1v) is 9.48. The largest absolute Gasteiger partial charge is 0.497 e. The summed E-state index contributed by atoms with van der Waals surface area (Å²) >= 11 is 0. The molecular formula is C20H31N3O5. The topological polar surface area (TPSA) is 108 Å². The predicted octanol–water partition coefficient (Wildman–Crippen LogP) is 3.06. The van der Waals surface area contributed by atoms with Crippen molar-refractivity contribution in [2.75, 3.05) is 19.0 Å². The smallest absolute Gasteiger partial charge is 0.319 e. The number of amides is 3. The van der Waals surface area contributed by atoms with Crippen molar-refractivity contribution >= 4 is 23.9 Å². The van der Waals surface area contributed by atoms with Gasteiger partial charge in [-0.3, -0.25) is 14.8 Å². The Hall–Kier alpha value is -2.61. The quantitative estimate of drug-likeness (QED) is 0.287. The number of ketones is 1. The van der Waals surface area contributed by atoms with Crippen LogP contribution in [0, 0.1) is 11.8 Å². The summed E-state index contributed by atoms with van der Waals surface area (Å²) in [4.78, 5) is 36.1. The van der Waals surface area contributed by atoms with Crippen LogP contribution in [-0.2, 0) is 9.59 Å². The summed E-state index contributed by atoms with van der Waals surface area (Å²) in [6.07, 6.45) is 2.48. The van der Waals surface area contributed by atoms with Gasteiger partial charge in [-0.1, -0.05) is 33.6 Å². The fourth-order valence-corrected chi connectivity index (χ4v) is 2.85. The van der Waals surface area contributed by atoms with E-state index in [1.165, 1.54) is 0 Å². The molecule has 0 heterocycles. The van der Waals surface area contributed by atoms with Crippen LogP contribution < -0.4 is 15.4 Å². The van der Waals surface area contributed by atoms with Crippen LogP contribution >= 0.6 is 0 Å². The highest BCUT2D eigenvalue weighted by Crippen LogP contribution is 2.18. The molecule has 0 spiro atoms. The Morgan fingerprint density at radius 1 is 1.25 bits per heavy atom. The first-order chi connectivity index (χ1) is 13.3. The lowest BCUT2D eigenvalue weighted by atomic mass is 9.87. The fourth-order valence-electron chi connectivity index (χ4n) is 2.85. The highest BCUT2D eigenvalue weighted by atomic mass is 16.5. The molecule has 0 aliphatic heterocycles. The maximum absolute atomic E-state index is 13.0. The van der Waals surface area contributed by atoms with E-state index in [0.29, 0.717) is 22.9 Å². The van der Waals surface area contributed by atoms with Crippen LogP contribution in [0.4, 0.5) is 10.5 Å². The minimum absolute atomic E-state index is 0.0899. The lowest BCUT2D eigenvalue weighted by Gasteiger charge is -2.27. The van der Waals surface area contributed by atoms with E-state index in [-0.39, 0.29) is 24.7 Å². The van der Waals surface area contributed by atoms with Gasteiger partial charge in [-0.2, -0.15) is 0 Å². The molecule has 0 saturated heterocycles. The summed E-state index contributed by atoms with van der Waals surface area (Å²) in [6.45, 7) is 5.58. The molecule has 1 aromatic carbocycles. The maximum Gasteiger partial charge on any atom is 0.319 e. The summed E-state index contributed by atoms with van der Waals surface area (Å²) < 4.78 is 5.08. The molecule has 0 unspecified atom stereocenters. The van der Waals surface area contributed by atoms with Gasteiger partial charge in [-0.25, -0.2) is 9.86 Å². The summed E-state index contributed by atoms with van der Waals surface area (Å²) in [5.41, 5.74) is 0.568. The third-order valence-electron chi connectivity index (χ3n) is 4.45. The molecule has 8 nitrogen and oxygen atoms in total. The van der Waals surface area contributed by atoms with Gasteiger partial charge in [-0.05, 0) is 36.6 Å². The number of anilines is 1. The number of hydrogen-bond donors (Lipinski definition) is 3. The highest BCUT2D eigenvalue weighted by Gasteiger charge is 2.31.